The lowest BCUT2D eigenvalue weighted by molar-refractivity contribution is -0.415. The Bertz CT molecular complexity index is 830. The summed E-state index contributed by atoms with van der Waals surface area (Å²) in [6, 6.07) is 5.18. The number of aliphatic hydroxyl groups is 4. The molecule has 3 rings (SSSR count). The number of hydrogen-bond acceptors (Lipinski definition) is 6. The van der Waals surface area contributed by atoms with E-state index in [0.717, 1.165) is 5.52 Å². The average Bonchev–Trinajstić information content (AvgIpc) is 2.92. The monoisotopic (exact) mass is 385 g/mol. The molecule has 0 saturated carbocycles. The Kier molecular flexibility index (Phi) is 4.35. The smallest absolute Gasteiger partial charge is 0.239 e. The van der Waals surface area contributed by atoms with E-state index in [1.165, 1.54) is 27.7 Å². The fraction of sp³-hybridized carbons (Fsp3) is 0.556. The number of aromatic nitrogens is 1. The summed E-state index contributed by atoms with van der Waals surface area (Å²) >= 11 is 5.99. The molecule has 1 saturated heterocycles. The highest BCUT2D eigenvalue weighted by atomic mass is 35.5. The minimum atomic E-state index is -2.05. The molecule has 1 aromatic carbocycles. The van der Waals surface area contributed by atoms with Gasteiger partial charge in [0.15, 0.2) is 5.60 Å². The van der Waals surface area contributed by atoms with Gasteiger partial charge in [0.05, 0.1) is 12.1 Å². The van der Waals surface area contributed by atoms with Gasteiger partial charge in [0, 0.05) is 23.5 Å². The quantitative estimate of drug-likeness (QED) is 0.547. The molecule has 144 valence electrons. The van der Waals surface area contributed by atoms with E-state index in [9.17, 15) is 20.4 Å². The Hall–Kier alpha value is -1.35. The molecule has 1 fully saturated rings. The van der Waals surface area contributed by atoms with Crippen LogP contribution in [0.5, 0.6) is 5.75 Å². The second-order valence-corrected chi connectivity index (χ2v) is 7.91. The Morgan fingerprint density at radius 3 is 2.42 bits per heavy atom. The van der Waals surface area contributed by atoms with E-state index in [2.05, 4.69) is 4.98 Å². The molecule has 5 N–H and O–H groups in total. The van der Waals surface area contributed by atoms with E-state index in [-0.39, 0.29) is 0 Å². The van der Waals surface area contributed by atoms with Crippen molar-refractivity contribution in [2.24, 2.45) is 0 Å². The number of ether oxygens (including phenoxy) is 2. The fourth-order valence-electron chi connectivity index (χ4n) is 3.45. The van der Waals surface area contributed by atoms with E-state index in [1.54, 1.807) is 24.4 Å². The van der Waals surface area contributed by atoms with Gasteiger partial charge in [-0.25, -0.2) is 0 Å². The van der Waals surface area contributed by atoms with Crippen LogP contribution in [0.15, 0.2) is 24.4 Å². The van der Waals surface area contributed by atoms with Crippen molar-refractivity contribution in [2.45, 2.75) is 56.4 Å². The molecule has 26 heavy (non-hydrogen) atoms. The zero-order valence-electron chi connectivity index (χ0n) is 15.1. The molecule has 1 aliphatic heterocycles. The lowest BCUT2D eigenvalue weighted by Crippen LogP contribution is -2.82. The van der Waals surface area contributed by atoms with E-state index in [0.29, 0.717) is 16.2 Å². The number of hydrogen-bond donors (Lipinski definition) is 5. The predicted octanol–water partition coefficient (Wildman–Crippen LogP) is 1.56. The van der Waals surface area contributed by atoms with Crippen molar-refractivity contribution in [3.63, 3.8) is 0 Å². The van der Waals surface area contributed by atoms with Crippen LogP contribution in [0.4, 0.5) is 0 Å². The first-order chi connectivity index (χ1) is 11.9. The first-order valence-electron chi connectivity index (χ1n) is 8.29. The summed E-state index contributed by atoms with van der Waals surface area (Å²) in [6.07, 6.45) is 0.406. The summed E-state index contributed by atoms with van der Waals surface area (Å²) in [6.45, 7) is 4.79. The van der Waals surface area contributed by atoms with Crippen molar-refractivity contribution in [2.75, 3.05) is 6.61 Å². The fourth-order valence-corrected chi connectivity index (χ4v) is 3.63. The van der Waals surface area contributed by atoms with Gasteiger partial charge in [0.2, 0.25) is 5.79 Å². The molecule has 0 bridgehead atoms. The van der Waals surface area contributed by atoms with Crippen molar-refractivity contribution in [3.8, 4) is 5.75 Å². The van der Waals surface area contributed by atoms with E-state index < -0.39 is 35.3 Å². The van der Waals surface area contributed by atoms with E-state index in [4.69, 9.17) is 21.1 Å². The van der Waals surface area contributed by atoms with Crippen LogP contribution in [0.25, 0.3) is 10.9 Å². The normalized spacial score (nSPS) is 40.7. The third kappa shape index (κ3) is 2.46. The van der Waals surface area contributed by atoms with Gasteiger partial charge in [0.1, 0.15) is 23.1 Å². The van der Waals surface area contributed by atoms with Gasteiger partial charge in [-0.15, -0.1) is 0 Å². The summed E-state index contributed by atoms with van der Waals surface area (Å²) in [5, 5.41) is 43.6. The van der Waals surface area contributed by atoms with Gasteiger partial charge in [-0.05, 0) is 39.0 Å². The first kappa shape index (κ1) is 19.4. The Balaban J connectivity index is 2.06. The zero-order valence-corrected chi connectivity index (χ0v) is 15.8. The number of benzene rings is 1. The average molecular weight is 386 g/mol. The number of nitrogens with one attached hydrogen (secondary N) is 1. The van der Waals surface area contributed by atoms with Crippen molar-refractivity contribution >= 4 is 22.5 Å². The van der Waals surface area contributed by atoms with Crippen LogP contribution in [-0.2, 0) is 4.74 Å². The number of aliphatic hydroxyl groups excluding tert-OH is 1. The molecular weight excluding hydrogens is 362 g/mol. The Morgan fingerprint density at radius 1 is 1.15 bits per heavy atom. The van der Waals surface area contributed by atoms with Gasteiger partial charge in [-0.3, -0.25) is 0 Å². The van der Waals surface area contributed by atoms with Gasteiger partial charge in [-0.1, -0.05) is 11.6 Å². The molecule has 0 radical (unpaired) electrons. The molecule has 0 spiro atoms. The number of H-pyrrole nitrogens is 1. The molecule has 1 aromatic heterocycles. The van der Waals surface area contributed by atoms with Crippen LogP contribution in [0, 0.1) is 0 Å². The largest absolute Gasteiger partial charge is 0.457 e. The Morgan fingerprint density at radius 2 is 1.81 bits per heavy atom. The molecule has 8 heteroatoms. The van der Waals surface area contributed by atoms with Crippen molar-refractivity contribution in [1.82, 2.24) is 4.98 Å². The van der Waals surface area contributed by atoms with Gasteiger partial charge in [0.25, 0.3) is 0 Å². The maximum atomic E-state index is 11.1. The molecule has 2 aromatic rings. The van der Waals surface area contributed by atoms with Crippen LogP contribution in [-0.4, -0.2) is 60.7 Å². The summed E-state index contributed by atoms with van der Waals surface area (Å²) in [7, 11) is 0. The van der Waals surface area contributed by atoms with Crippen LogP contribution >= 0.6 is 11.6 Å². The number of rotatable bonds is 3. The molecule has 7 nitrogen and oxygen atoms in total. The topological polar surface area (TPSA) is 115 Å². The summed E-state index contributed by atoms with van der Waals surface area (Å²) in [5.41, 5.74) is -5.26. The highest BCUT2D eigenvalue weighted by Crippen LogP contribution is 2.50. The lowest BCUT2D eigenvalue weighted by Gasteiger charge is -2.61. The van der Waals surface area contributed by atoms with Crippen molar-refractivity contribution < 1.29 is 29.9 Å². The summed E-state index contributed by atoms with van der Waals surface area (Å²) in [5.74, 6) is -1.39. The van der Waals surface area contributed by atoms with Gasteiger partial charge >= 0.3 is 0 Å². The Labute approximate surface area is 156 Å². The standard InChI is InChI=1S/C18H24ClNO6/c1-15(22)14(9-21)26-18(4,17(3,24)16(15,2)23)25-13-8-20-12-7-10(19)5-6-11(12)13/h5-8,14,20-24H,9H2,1-4H3/t14-,15-,16-,17+,18+/m0/s1. The second kappa shape index (κ2) is 5.82. The predicted molar refractivity (Wildman–Crippen MR) is 96.2 cm³/mol. The molecule has 0 unspecified atom stereocenters. The summed E-state index contributed by atoms with van der Waals surface area (Å²) < 4.78 is 11.7. The van der Waals surface area contributed by atoms with Crippen LogP contribution in [0.3, 0.4) is 0 Å². The molecule has 1 aliphatic rings. The van der Waals surface area contributed by atoms with Crippen molar-refractivity contribution in [1.29, 1.82) is 0 Å². The van der Waals surface area contributed by atoms with E-state index >= 15 is 0 Å². The molecule has 2 heterocycles. The van der Waals surface area contributed by atoms with Crippen LogP contribution in [0.1, 0.15) is 27.7 Å². The zero-order chi connectivity index (χ0) is 19.5. The first-order valence-corrected chi connectivity index (χ1v) is 8.66. The lowest BCUT2D eigenvalue weighted by atomic mass is 9.65. The van der Waals surface area contributed by atoms with Crippen LogP contribution in [0.2, 0.25) is 5.02 Å². The number of aromatic amines is 1. The number of halogens is 1. The maximum Gasteiger partial charge on any atom is 0.239 e. The number of fused-ring (bicyclic) bond motifs is 1. The molecule has 0 aliphatic carbocycles. The molecule has 5 atom stereocenters. The SMILES string of the molecule is C[C@@]1(Oc2c[nH]c3cc(Cl)ccc23)O[C@@H](CO)[C@](C)(O)[C@](C)(O)[C@@]1(C)O. The second-order valence-electron chi connectivity index (χ2n) is 7.47. The molecular formula is C18H24ClNO6. The summed E-state index contributed by atoms with van der Waals surface area (Å²) in [4.78, 5) is 3.02. The van der Waals surface area contributed by atoms with Crippen LogP contribution < -0.4 is 4.74 Å². The highest BCUT2D eigenvalue weighted by Gasteiger charge is 2.71. The van der Waals surface area contributed by atoms with E-state index in [1.807, 2.05) is 0 Å². The highest BCUT2D eigenvalue weighted by molar-refractivity contribution is 6.31. The third-order valence-corrected chi connectivity index (χ3v) is 6.12. The molecule has 0 amide bonds. The minimum Gasteiger partial charge on any atom is -0.457 e. The minimum absolute atomic E-state index is 0.369. The maximum absolute atomic E-state index is 11.1. The van der Waals surface area contributed by atoms with Crippen molar-refractivity contribution in [3.05, 3.63) is 29.4 Å². The third-order valence-electron chi connectivity index (χ3n) is 5.89. The van der Waals surface area contributed by atoms with Gasteiger partial charge in [-0.2, -0.15) is 0 Å². The van der Waals surface area contributed by atoms with Gasteiger partial charge < -0.3 is 34.9 Å².